The van der Waals surface area contributed by atoms with Crippen LogP contribution in [0.5, 0.6) is 0 Å². The van der Waals surface area contributed by atoms with Crippen molar-refractivity contribution in [3.8, 4) is 44.6 Å². The highest BCUT2D eigenvalue weighted by molar-refractivity contribution is 5.77. The van der Waals surface area contributed by atoms with E-state index in [0.29, 0.717) is 0 Å². The predicted octanol–water partition coefficient (Wildman–Crippen LogP) is 7.76. The molecule has 0 aliphatic rings. The normalized spacial score (nSPS) is 10.8. The zero-order chi connectivity index (χ0) is 21.9. The molecule has 0 unspecified atom stereocenters. The molecule has 0 bridgehead atoms. The summed E-state index contributed by atoms with van der Waals surface area (Å²) in [6.07, 6.45) is 0. The highest BCUT2D eigenvalue weighted by Crippen LogP contribution is 2.30. The number of rotatable bonds is 4. The summed E-state index contributed by atoms with van der Waals surface area (Å²) >= 11 is 0. The van der Waals surface area contributed by atoms with Crippen LogP contribution in [-0.4, -0.2) is 9.97 Å². The summed E-state index contributed by atoms with van der Waals surface area (Å²) < 4.78 is 0. The van der Waals surface area contributed by atoms with E-state index < -0.39 is 0 Å². The molecule has 0 aliphatic carbocycles. The molecule has 5 aromatic rings. The second kappa shape index (κ2) is 8.60. The SMILES string of the molecule is Cc1cc(-c2ccc(-c3cccc(-c4cccc(-c5ccccc5)c4)c3)cc2)nc(C)n1. The van der Waals surface area contributed by atoms with Crippen LogP contribution in [0.4, 0.5) is 0 Å². The molecule has 0 atom stereocenters. The Bertz CT molecular complexity index is 1350. The third-order valence-corrected chi connectivity index (χ3v) is 5.65. The maximum Gasteiger partial charge on any atom is 0.126 e. The summed E-state index contributed by atoms with van der Waals surface area (Å²) in [5.41, 5.74) is 10.4. The Morgan fingerprint density at radius 2 is 0.875 bits per heavy atom. The Morgan fingerprint density at radius 3 is 1.44 bits per heavy atom. The average molecular weight is 413 g/mol. The van der Waals surface area contributed by atoms with Crippen LogP contribution in [0.1, 0.15) is 11.5 Å². The first kappa shape index (κ1) is 19.9. The summed E-state index contributed by atoms with van der Waals surface area (Å²) in [6, 6.07) is 38.6. The summed E-state index contributed by atoms with van der Waals surface area (Å²) in [4.78, 5) is 8.96. The molecule has 0 amide bonds. The first-order valence-electron chi connectivity index (χ1n) is 10.8. The minimum Gasteiger partial charge on any atom is -0.239 e. The van der Waals surface area contributed by atoms with Gasteiger partial charge in [-0.25, -0.2) is 9.97 Å². The van der Waals surface area contributed by atoms with Gasteiger partial charge in [0.15, 0.2) is 0 Å². The molecule has 32 heavy (non-hydrogen) atoms. The van der Waals surface area contributed by atoms with Gasteiger partial charge < -0.3 is 0 Å². The van der Waals surface area contributed by atoms with Gasteiger partial charge in [-0.3, -0.25) is 0 Å². The Labute approximate surface area is 189 Å². The van der Waals surface area contributed by atoms with Crippen molar-refractivity contribution in [2.45, 2.75) is 13.8 Å². The van der Waals surface area contributed by atoms with Crippen molar-refractivity contribution in [2.24, 2.45) is 0 Å². The Balaban J connectivity index is 1.46. The van der Waals surface area contributed by atoms with Crippen LogP contribution in [0.25, 0.3) is 44.6 Å². The van der Waals surface area contributed by atoms with Gasteiger partial charge in [-0.2, -0.15) is 0 Å². The number of benzene rings is 4. The topological polar surface area (TPSA) is 25.8 Å². The maximum absolute atomic E-state index is 4.58. The molecule has 0 saturated heterocycles. The van der Waals surface area contributed by atoms with Gasteiger partial charge in [0, 0.05) is 11.3 Å². The molecule has 0 N–H and O–H groups in total. The summed E-state index contributed by atoms with van der Waals surface area (Å²) in [6.45, 7) is 3.94. The minimum atomic E-state index is 0.800. The molecule has 0 spiro atoms. The zero-order valence-electron chi connectivity index (χ0n) is 18.3. The molecular formula is C30H24N2. The van der Waals surface area contributed by atoms with Crippen LogP contribution in [0.2, 0.25) is 0 Å². The lowest BCUT2D eigenvalue weighted by Gasteiger charge is -2.09. The first-order valence-corrected chi connectivity index (χ1v) is 10.8. The Morgan fingerprint density at radius 1 is 0.406 bits per heavy atom. The van der Waals surface area contributed by atoms with Crippen molar-refractivity contribution in [3.05, 3.63) is 121 Å². The van der Waals surface area contributed by atoms with Crippen LogP contribution >= 0.6 is 0 Å². The lowest BCUT2D eigenvalue weighted by atomic mass is 9.96. The molecule has 0 fully saturated rings. The highest BCUT2D eigenvalue weighted by atomic mass is 14.9. The van der Waals surface area contributed by atoms with Crippen molar-refractivity contribution in [3.63, 3.8) is 0 Å². The van der Waals surface area contributed by atoms with Crippen LogP contribution in [0.15, 0.2) is 109 Å². The van der Waals surface area contributed by atoms with Crippen molar-refractivity contribution in [2.75, 3.05) is 0 Å². The standard InChI is InChI=1S/C30H24N2/c1-21-18-30(32-22(2)31-21)25-16-14-24(15-17-25)27-11-7-13-29(20-27)28-12-6-10-26(19-28)23-8-4-3-5-9-23/h3-20H,1-2H3. The van der Waals surface area contributed by atoms with Crippen molar-refractivity contribution < 1.29 is 0 Å². The minimum absolute atomic E-state index is 0.800. The fourth-order valence-corrected chi connectivity index (χ4v) is 4.09. The number of nitrogens with zero attached hydrogens (tertiary/aromatic N) is 2. The quantitative estimate of drug-likeness (QED) is 0.301. The highest BCUT2D eigenvalue weighted by Gasteiger charge is 2.06. The third-order valence-electron chi connectivity index (χ3n) is 5.65. The maximum atomic E-state index is 4.58. The fraction of sp³-hybridized carbons (Fsp3) is 0.0667. The number of hydrogen-bond acceptors (Lipinski definition) is 2. The van der Waals surface area contributed by atoms with Crippen LogP contribution in [0, 0.1) is 13.8 Å². The van der Waals surface area contributed by atoms with E-state index in [4.69, 9.17) is 0 Å². The van der Waals surface area contributed by atoms with Gasteiger partial charge in [0.25, 0.3) is 0 Å². The van der Waals surface area contributed by atoms with E-state index >= 15 is 0 Å². The van der Waals surface area contributed by atoms with E-state index in [1.54, 1.807) is 0 Å². The Kier molecular flexibility index (Phi) is 5.35. The van der Waals surface area contributed by atoms with E-state index in [0.717, 1.165) is 22.8 Å². The van der Waals surface area contributed by atoms with Crippen LogP contribution in [-0.2, 0) is 0 Å². The smallest absolute Gasteiger partial charge is 0.126 e. The summed E-state index contributed by atoms with van der Waals surface area (Å²) in [5, 5.41) is 0. The zero-order valence-corrected chi connectivity index (χ0v) is 18.3. The summed E-state index contributed by atoms with van der Waals surface area (Å²) in [7, 11) is 0. The molecule has 0 radical (unpaired) electrons. The van der Waals surface area contributed by atoms with Gasteiger partial charge in [-0.15, -0.1) is 0 Å². The van der Waals surface area contributed by atoms with E-state index in [1.165, 1.54) is 33.4 Å². The van der Waals surface area contributed by atoms with Gasteiger partial charge >= 0.3 is 0 Å². The average Bonchev–Trinajstić information content (AvgIpc) is 2.84. The molecule has 2 heteroatoms. The van der Waals surface area contributed by atoms with Gasteiger partial charge in [-0.05, 0) is 65.4 Å². The number of aromatic nitrogens is 2. The second-order valence-electron chi connectivity index (χ2n) is 8.05. The van der Waals surface area contributed by atoms with Crippen LogP contribution in [0.3, 0.4) is 0 Å². The molecule has 1 aromatic heterocycles. The monoisotopic (exact) mass is 412 g/mol. The first-order chi connectivity index (χ1) is 15.7. The van der Waals surface area contributed by atoms with Crippen LogP contribution < -0.4 is 0 Å². The fourth-order valence-electron chi connectivity index (χ4n) is 4.09. The van der Waals surface area contributed by atoms with E-state index in [1.807, 2.05) is 19.9 Å². The molecule has 0 saturated carbocycles. The molecular weight excluding hydrogens is 388 g/mol. The number of aryl methyl sites for hydroxylation is 2. The Hall–Kier alpha value is -4.04. The van der Waals surface area contributed by atoms with Crippen molar-refractivity contribution in [1.29, 1.82) is 0 Å². The molecule has 5 rings (SSSR count). The van der Waals surface area contributed by atoms with Gasteiger partial charge in [-0.1, -0.05) is 91.0 Å². The van der Waals surface area contributed by atoms with Crippen molar-refractivity contribution in [1.82, 2.24) is 9.97 Å². The molecule has 154 valence electrons. The lowest BCUT2D eigenvalue weighted by molar-refractivity contribution is 1.02. The third kappa shape index (κ3) is 4.21. The number of hydrogen-bond donors (Lipinski definition) is 0. The molecule has 1 heterocycles. The summed E-state index contributed by atoms with van der Waals surface area (Å²) in [5.74, 6) is 0.800. The van der Waals surface area contributed by atoms with Gasteiger partial charge in [0.2, 0.25) is 0 Å². The second-order valence-corrected chi connectivity index (χ2v) is 8.05. The van der Waals surface area contributed by atoms with E-state index in [9.17, 15) is 0 Å². The van der Waals surface area contributed by atoms with Crippen molar-refractivity contribution >= 4 is 0 Å². The molecule has 2 nitrogen and oxygen atoms in total. The molecule has 4 aromatic carbocycles. The lowest BCUT2D eigenvalue weighted by Crippen LogP contribution is -1.93. The largest absolute Gasteiger partial charge is 0.239 e. The van der Waals surface area contributed by atoms with Gasteiger partial charge in [0.05, 0.1) is 5.69 Å². The van der Waals surface area contributed by atoms with Gasteiger partial charge in [0.1, 0.15) is 5.82 Å². The predicted molar refractivity (Wildman–Crippen MR) is 133 cm³/mol. The van der Waals surface area contributed by atoms with E-state index in [-0.39, 0.29) is 0 Å². The molecule has 0 aliphatic heterocycles. The van der Waals surface area contributed by atoms with E-state index in [2.05, 4.69) is 113 Å².